The van der Waals surface area contributed by atoms with Crippen LogP contribution in [0.15, 0.2) is 35.3 Å². The highest BCUT2D eigenvalue weighted by Gasteiger charge is 2.73. The van der Waals surface area contributed by atoms with Crippen molar-refractivity contribution in [2.75, 3.05) is 13.7 Å². The Bertz CT molecular complexity index is 702. The SMILES string of the molecule is COC[C@@H]1N=C(C2OC23C2CC4CC(C2)CC3C4)O[C@H]1c1ccccc1. The molecule has 1 spiro atoms. The van der Waals surface area contributed by atoms with Gasteiger partial charge in [0.1, 0.15) is 17.7 Å². The quantitative estimate of drug-likeness (QED) is 0.774. The molecule has 2 aliphatic heterocycles. The molecule has 1 saturated heterocycles. The number of nitrogens with zero attached hydrogens (tertiary/aromatic N) is 1. The van der Waals surface area contributed by atoms with Gasteiger partial charge in [-0.1, -0.05) is 30.3 Å². The summed E-state index contributed by atoms with van der Waals surface area (Å²) in [6.45, 7) is 0.583. The average Bonchev–Trinajstić information content (AvgIpc) is 3.26. The van der Waals surface area contributed by atoms with E-state index >= 15 is 0 Å². The molecular formula is C22H27NO3. The van der Waals surface area contributed by atoms with Crippen molar-refractivity contribution in [1.82, 2.24) is 0 Å². The molecule has 138 valence electrons. The molecule has 1 aromatic rings. The number of hydrogen-bond donors (Lipinski definition) is 0. The molecule has 1 aromatic carbocycles. The Morgan fingerprint density at radius 3 is 2.38 bits per heavy atom. The Balaban J connectivity index is 1.26. The number of hydrogen-bond acceptors (Lipinski definition) is 4. The zero-order valence-electron chi connectivity index (χ0n) is 15.3. The minimum absolute atomic E-state index is 0.0236. The summed E-state index contributed by atoms with van der Waals surface area (Å²) in [5.74, 6) is 4.21. The fourth-order valence-electron chi connectivity index (χ4n) is 6.78. The third-order valence-corrected chi connectivity index (χ3v) is 7.67. The zero-order valence-corrected chi connectivity index (χ0v) is 15.3. The van der Waals surface area contributed by atoms with Crippen molar-refractivity contribution < 1.29 is 14.2 Å². The normalized spacial score (nSPS) is 47.9. The van der Waals surface area contributed by atoms with Crippen LogP contribution in [-0.2, 0) is 14.2 Å². The number of rotatable bonds is 4. The largest absolute Gasteiger partial charge is 0.468 e. The maximum Gasteiger partial charge on any atom is 0.217 e. The second kappa shape index (κ2) is 5.56. The van der Waals surface area contributed by atoms with Crippen LogP contribution in [0, 0.1) is 23.7 Å². The molecule has 4 bridgehead atoms. The van der Waals surface area contributed by atoms with E-state index in [0.717, 1.165) is 29.6 Å². The first-order chi connectivity index (χ1) is 12.8. The van der Waals surface area contributed by atoms with Crippen LogP contribution in [0.2, 0.25) is 0 Å². The fraction of sp³-hybridized carbons (Fsp3) is 0.682. The van der Waals surface area contributed by atoms with Crippen LogP contribution in [0.1, 0.15) is 43.8 Å². The molecule has 0 N–H and O–H groups in total. The van der Waals surface area contributed by atoms with E-state index in [0.29, 0.717) is 6.61 Å². The van der Waals surface area contributed by atoms with Crippen LogP contribution in [-0.4, -0.2) is 37.4 Å². The summed E-state index contributed by atoms with van der Waals surface area (Å²) < 4.78 is 18.3. The predicted octanol–water partition coefficient (Wildman–Crippen LogP) is 3.77. The van der Waals surface area contributed by atoms with Gasteiger partial charge in [0.2, 0.25) is 5.90 Å². The van der Waals surface area contributed by atoms with E-state index in [4.69, 9.17) is 19.2 Å². The van der Waals surface area contributed by atoms with Crippen LogP contribution in [0.5, 0.6) is 0 Å². The molecule has 3 atom stereocenters. The van der Waals surface area contributed by atoms with E-state index in [9.17, 15) is 0 Å². The summed E-state index contributed by atoms with van der Waals surface area (Å²) >= 11 is 0. The third-order valence-electron chi connectivity index (χ3n) is 7.67. The molecular weight excluding hydrogens is 326 g/mol. The maximum absolute atomic E-state index is 6.48. The summed E-state index contributed by atoms with van der Waals surface area (Å²) in [6.07, 6.45) is 6.95. The van der Waals surface area contributed by atoms with Gasteiger partial charge in [0.05, 0.1) is 6.61 Å². The fourth-order valence-corrected chi connectivity index (χ4v) is 6.78. The van der Waals surface area contributed by atoms with Crippen molar-refractivity contribution in [3.05, 3.63) is 35.9 Å². The molecule has 0 amide bonds. The maximum atomic E-state index is 6.48. The Morgan fingerprint density at radius 1 is 1.04 bits per heavy atom. The lowest BCUT2D eigenvalue weighted by molar-refractivity contribution is -0.0557. The molecule has 4 heteroatoms. The average molecular weight is 353 g/mol. The van der Waals surface area contributed by atoms with E-state index in [1.807, 2.05) is 6.07 Å². The lowest BCUT2D eigenvalue weighted by Gasteiger charge is -2.53. The number of epoxide rings is 1. The molecule has 0 aromatic heterocycles. The Kier molecular flexibility index (Phi) is 3.34. The van der Waals surface area contributed by atoms with Gasteiger partial charge in [0, 0.05) is 7.11 Å². The van der Waals surface area contributed by atoms with Gasteiger partial charge < -0.3 is 14.2 Å². The van der Waals surface area contributed by atoms with Crippen LogP contribution in [0.3, 0.4) is 0 Å². The number of methoxy groups -OCH3 is 1. The first-order valence-corrected chi connectivity index (χ1v) is 10.2. The first-order valence-electron chi connectivity index (χ1n) is 10.2. The van der Waals surface area contributed by atoms with Crippen LogP contribution in [0.4, 0.5) is 0 Å². The molecule has 4 nitrogen and oxygen atoms in total. The summed E-state index contributed by atoms with van der Waals surface area (Å²) in [5, 5.41) is 0. The van der Waals surface area contributed by atoms with Crippen LogP contribution >= 0.6 is 0 Å². The van der Waals surface area contributed by atoms with Gasteiger partial charge >= 0.3 is 0 Å². The standard InChI is InChI=1S/C22H27NO3/c1-24-12-18-19(15-5-3-2-4-6-15)25-21(23-18)20-22(26-20)16-8-13-7-14(10-16)11-17(22)9-13/h2-6,13-14,16-20H,7-12H2,1H3/t13?,14?,16?,17?,18-,19-,20?,22?/m0/s1. The van der Waals surface area contributed by atoms with Gasteiger partial charge in [-0.3, -0.25) is 0 Å². The van der Waals surface area contributed by atoms with Gasteiger partial charge in [-0.05, 0) is 61.3 Å². The number of aliphatic imine (C=N–C) groups is 1. The van der Waals surface area contributed by atoms with E-state index in [1.165, 1.54) is 37.7 Å². The number of ether oxygens (including phenoxy) is 3. The van der Waals surface area contributed by atoms with Crippen molar-refractivity contribution in [1.29, 1.82) is 0 Å². The topological polar surface area (TPSA) is 43.3 Å². The smallest absolute Gasteiger partial charge is 0.217 e. The Hall–Kier alpha value is -1.39. The highest BCUT2D eigenvalue weighted by molar-refractivity contribution is 5.87. The lowest BCUT2D eigenvalue weighted by atomic mass is 9.51. The monoisotopic (exact) mass is 353 g/mol. The number of benzene rings is 1. The molecule has 4 saturated carbocycles. The predicted molar refractivity (Wildman–Crippen MR) is 98.0 cm³/mol. The summed E-state index contributed by atoms with van der Waals surface area (Å²) in [4.78, 5) is 4.95. The minimum Gasteiger partial charge on any atom is -0.468 e. The second-order valence-electron chi connectivity index (χ2n) is 9.10. The van der Waals surface area contributed by atoms with Crippen molar-refractivity contribution >= 4 is 5.90 Å². The van der Waals surface area contributed by atoms with Gasteiger partial charge in [-0.15, -0.1) is 0 Å². The van der Waals surface area contributed by atoms with Crippen molar-refractivity contribution in [3.8, 4) is 0 Å². The second-order valence-corrected chi connectivity index (χ2v) is 9.10. The van der Waals surface area contributed by atoms with Crippen LogP contribution < -0.4 is 0 Å². The third kappa shape index (κ3) is 2.12. The molecule has 2 heterocycles. The van der Waals surface area contributed by atoms with Gasteiger partial charge in [0.15, 0.2) is 6.10 Å². The Morgan fingerprint density at radius 2 is 1.73 bits per heavy atom. The van der Waals surface area contributed by atoms with Crippen LogP contribution in [0.25, 0.3) is 0 Å². The molecule has 26 heavy (non-hydrogen) atoms. The molecule has 6 aliphatic rings. The first kappa shape index (κ1) is 15.6. The Labute approximate surface area is 154 Å². The van der Waals surface area contributed by atoms with E-state index < -0.39 is 0 Å². The summed E-state index contributed by atoms with van der Waals surface area (Å²) in [7, 11) is 1.74. The van der Waals surface area contributed by atoms with Crippen molar-refractivity contribution in [3.63, 3.8) is 0 Å². The minimum atomic E-state index is -0.0516. The van der Waals surface area contributed by atoms with E-state index in [1.54, 1.807) is 7.11 Å². The van der Waals surface area contributed by atoms with Crippen molar-refractivity contribution in [2.45, 2.75) is 56.0 Å². The highest BCUT2D eigenvalue weighted by Crippen LogP contribution is 2.67. The van der Waals surface area contributed by atoms with E-state index in [-0.39, 0.29) is 23.9 Å². The van der Waals surface area contributed by atoms with Gasteiger partial charge in [-0.25, -0.2) is 4.99 Å². The zero-order chi connectivity index (χ0) is 17.3. The lowest BCUT2D eigenvalue weighted by Crippen LogP contribution is -2.52. The summed E-state index contributed by atoms with van der Waals surface area (Å²) in [5.41, 5.74) is 1.23. The van der Waals surface area contributed by atoms with Gasteiger partial charge in [-0.2, -0.15) is 0 Å². The molecule has 4 aliphatic carbocycles. The van der Waals surface area contributed by atoms with E-state index in [2.05, 4.69) is 24.3 Å². The molecule has 1 unspecified atom stereocenters. The summed E-state index contributed by atoms with van der Waals surface area (Å²) in [6, 6.07) is 10.4. The molecule has 7 rings (SSSR count). The van der Waals surface area contributed by atoms with Crippen molar-refractivity contribution in [2.24, 2.45) is 28.7 Å². The van der Waals surface area contributed by atoms with Gasteiger partial charge in [0.25, 0.3) is 0 Å². The molecule has 0 radical (unpaired) electrons. The highest BCUT2D eigenvalue weighted by atomic mass is 16.6. The molecule has 5 fully saturated rings.